The average molecular weight is 457 g/mol. The SMILES string of the molecule is O=C1CN2Cc3ccc(OCCCC(=O)N(CCO)CCCCC4CCCC4)cc3N=C2N1. The van der Waals surface area contributed by atoms with E-state index in [-0.39, 0.29) is 18.4 Å². The quantitative estimate of drug-likeness (QED) is 0.472. The standard InChI is InChI=1S/C25H36N4O4/c30-14-13-28(12-4-3-8-19-6-1-2-7-19)24(32)9-5-15-33-21-11-10-20-17-29-18-23(31)27-25(29)26-22(20)16-21/h10-11,16,19,30H,1-9,12-15,17-18H2,(H,26,27,31). The molecule has 3 aliphatic rings. The van der Waals surface area contributed by atoms with Crippen LogP contribution in [-0.4, -0.2) is 65.5 Å². The largest absolute Gasteiger partial charge is 0.494 e. The van der Waals surface area contributed by atoms with Gasteiger partial charge in [-0.1, -0.05) is 44.6 Å². The van der Waals surface area contributed by atoms with Crippen molar-refractivity contribution < 1.29 is 19.4 Å². The monoisotopic (exact) mass is 456 g/mol. The molecule has 1 saturated carbocycles. The van der Waals surface area contributed by atoms with Gasteiger partial charge in [-0.3, -0.25) is 14.9 Å². The lowest BCUT2D eigenvalue weighted by atomic mass is 10.0. The van der Waals surface area contributed by atoms with Crippen LogP contribution in [0.3, 0.4) is 0 Å². The molecule has 8 nitrogen and oxygen atoms in total. The second kappa shape index (κ2) is 11.5. The van der Waals surface area contributed by atoms with Gasteiger partial charge in [-0.15, -0.1) is 0 Å². The predicted molar refractivity (Wildman–Crippen MR) is 126 cm³/mol. The summed E-state index contributed by atoms with van der Waals surface area (Å²) in [6, 6.07) is 5.77. The Morgan fingerprint density at radius 2 is 2.03 bits per heavy atom. The Kier molecular flexibility index (Phi) is 8.20. The van der Waals surface area contributed by atoms with E-state index in [1.807, 2.05) is 23.1 Å². The number of aliphatic hydroxyl groups excluding tert-OH is 1. The maximum absolute atomic E-state index is 12.6. The van der Waals surface area contributed by atoms with Crippen LogP contribution in [0.15, 0.2) is 23.2 Å². The molecule has 0 unspecified atom stereocenters. The van der Waals surface area contributed by atoms with Gasteiger partial charge in [0, 0.05) is 32.1 Å². The zero-order valence-electron chi connectivity index (χ0n) is 19.4. The highest BCUT2D eigenvalue weighted by Gasteiger charge is 2.29. The van der Waals surface area contributed by atoms with Crippen molar-refractivity contribution in [2.75, 3.05) is 32.8 Å². The van der Waals surface area contributed by atoms with Crippen molar-refractivity contribution >= 4 is 23.5 Å². The Morgan fingerprint density at radius 1 is 1.18 bits per heavy atom. The van der Waals surface area contributed by atoms with E-state index < -0.39 is 0 Å². The highest BCUT2D eigenvalue weighted by Crippen LogP contribution is 2.31. The fourth-order valence-corrected chi connectivity index (χ4v) is 5.00. The number of nitrogens with one attached hydrogen (secondary N) is 1. The van der Waals surface area contributed by atoms with Gasteiger partial charge in [-0.25, -0.2) is 4.99 Å². The van der Waals surface area contributed by atoms with Crippen LogP contribution in [-0.2, 0) is 16.1 Å². The topological polar surface area (TPSA) is 94.5 Å². The Balaban J connectivity index is 1.17. The summed E-state index contributed by atoms with van der Waals surface area (Å²) in [5.41, 5.74) is 1.87. The highest BCUT2D eigenvalue weighted by molar-refractivity contribution is 6.05. The van der Waals surface area contributed by atoms with E-state index in [1.54, 1.807) is 4.90 Å². The summed E-state index contributed by atoms with van der Waals surface area (Å²) >= 11 is 0. The van der Waals surface area contributed by atoms with E-state index >= 15 is 0 Å². The van der Waals surface area contributed by atoms with Gasteiger partial charge in [0.05, 0.1) is 18.9 Å². The smallest absolute Gasteiger partial charge is 0.246 e. The number of guanidine groups is 1. The number of nitrogens with zero attached hydrogens (tertiary/aromatic N) is 3. The second-order valence-electron chi connectivity index (χ2n) is 9.33. The molecule has 2 aliphatic heterocycles. The number of hydrogen-bond acceptors (Lipinski definition) is 6. The van der Waals surface area contributed by atoms with Crippen LogP contribution in [0.1, 0.15) is 63.4 Å². The number of amides is 2. The number of hydrogen-bond donors (Lipinski definition) is 2. The minimum Gasteiger partial charge on any atom is -0.494 e. The Morgan fingerprint density at radius 3 is 2.85 bits per heavy atom. The van der Waals surface area contributed by atoms with Crippen molar-refractivity contribution in [3.8, 4) is 5.75 Å². The first kappa shape index (κ1) is 23.5. The fraction of sp³-hybridized carbons (Fsp3) is 0.640. The molecule has 4 rings (SSSR count). The first-order chi connectivity index (χ1) is 16.1. The molecule has 1 aromatic rings. The fourth-order valence-electron chi connectivity index (χ4n) is 5.00. The molecule has 33 heavy (non-hydrogen) atoms. The molecule has 0 aromatic heterocycles. The van der Waals surface area contributed by atoms with E-state index in [2.05, 4.69) is 10.3 Å². The number of ether oxygens (including phenoxy) is 1. The van der Waals surface area contributed by atoms with E-state index in [0.29, 0.717) is 50.8 Å². The summed E-state index contributed by atoms with van der Waals surface area (Å²) in [5, 5.41) is 12.1. The first-order valence-electron chi connectivity index (χ1n) is 12.4. The molecule has 1 aliphatic carbocycles. The molecule has 180 valence electrons. The van der Waals surface area contributed by atoms with Gasteiger partial charge >= 0.3 is 0 Å². The number of carbonyl (C=O) groups is 2. The summed E-state index contributed by atoms with van der Waals surface area (Å²) in [5.74, 6) is 2.24. The van der Waals surface area contributed by atoms with Crippen LogP contribution >= 0.6 is 0 Å². The highest BCUT2D eigenvalue weighted by atomic mass is 16.5. The lowest BCUT2D eigenvalue weighted by molar-refractivity contribution is -0.132. The van der Waals surface area contributed by atoms with Crippen molar-refractivity contribution in [2.24, 2.45) is 10.9 Å². The van der Waals surface area contributed by atoms with E-state index in [0.717, 1.165) is 36.6 Å². The summed E-state index contributed by atoms with van der Waals surface area (Å²) in [6.07, 6.45) is 9.96. The zero-order valence-corrected chi connectivity index (χ0v) is 19.4. The number of rotatable bonds is 12. The average Bonchev–Trinajstić information content (AvgIpc) is 3.45. The van der Waals surface area contributed by atoms with Gasteiger partial charge in [0.1, 0.15) is 12.3 Å². The normalized spacial score (nSPS) is 17.4. The number of benzene rings is 1. The molecule has 0 radical (unpaired) electrons. The zero-order chi connectivity index (χ0) is 23.0. The molecular formula is C25H36N4O4. The third kappa shape index (κ3) is 6.47. The molecule has 2 heterocycles. The number of aliphatic imine (C=N–C) groups is 1. The molecule has 8 heteroatoms. The van der Waals surface area contributed by atoms with Crippen LogP contribution < -0.4 is 10.1 Å². The van der Waals surface area contributed by atoms with Crippen LogP contribution in [0.4, 0.5) is 5.69 Å². The summed E-state index contributed by atoms with van der Waals surface area (Å²) in [4.78, 5) is 32.4. The van der Waals surface area contributed by atoms with Crippen molar-refractivity contribution in [3.05, 3.63) is 23.8 Å². The molecule has 2 amide bonds. The van der Waals surface area contributed by atoms with Crippen molar-refractivity contribution in [1.29, 1.82) is 0 Å². The molecule has 0 bridgehead atoms. The molecule has 0 atom stereocenters. The molecule has 1 saturated heterocycles. The lowest BCUT2D eigenvalue weighted by Crippen LogP contribution is -2.34. The maximum atomic E-state index is 12.6. The summed E-state index contributed by atoms with van der Waals surface area (Å²) < 4.78 is 5.86. The van der Waals surface area contributed by atoms with Crippen LogP contribution in [0.2, 0.25) is 0 Å². The van der Waals surface area contributed by atoms with Crippen molar-refractivity contribution in [3.63, 3.8) is 0 Å². The third-order valence-electron chi connectivity index (χ3n) is 6.82. The third-order valence-corrected chi connectivity index (χ3v) is 6.82. The molecule has 2 N–H and O–H groups in total. The number of fused-ring (bicyclic) bond motifs is 2. The summed E-state index contributed by atoms with van der Waals surface area (Å²) in [6.45, 7) is 2.58. The van der Waals surface area contributed by atoms with Gasteiger partial charge in [0.25, 0.3) is 0 Å². The lowest BCUT2D eigenvalue weighted by Gasteiger charge is -2.23. The minimum absolute atomic E-state index is 0.000376. The van der Waals surface area contributed by atoms with Crippen molar-refractivity contribution in [2.45, 2.75) is 64.3 Å². The molecule has 2 fully saturated rings. The maximum Gasteiger partial charge on any atom is 0.246 e. The van der Waals surface area contributed by atoms with Gasteiger partial charge in [-0.2, -0.15) is 0 Å². The van der Waals surface area contributed by atoms with Crippen LogP contribution in [0.5, 0.6) is 5.75 Å². The van der Waals surface area contributed by atoms with Gasteiger partial charge in [0.2, 0.25) is 17.8 Å². The van der Waals surface area contributed by atoms with Gasteiger partial charge in [0.15, 0.2) is 0 Å². The van der Waals surface area contributed by atoms with E-state index in [4.69, 9.17) is 4.74 Å². The Hall–Kier alpha value is -2.61. The Labute approximate surface area is 196 Å². The molecule has 0 spiro atoms. The summed E-state index contributed by atoms with van der Waals surface area (Å²) in [7, 11) is 0. The first-order valence-corrected chi connectivity index (χ1v) is 12.4. The van der Waals surface area contributed by atoms with Gasteiger partial charge in [-0.05, 0) is 30.4 Å². The number of unbranched alkanes of at least 4 members (excludes halogenated alkanes) is 1. The van der Waals surface area contributed by atoms with Crippen molar-refractivity contribution in [1.82, 2.24) is 15.1 Å². The van der Waals surface area contributed by atoms with E-state index in [9.17, 15) is 14.7 Å². The van der Waals surface area contributed by atoms with Gasteiger partial charge < -0.3 is 19.6 Å². The minimum atomic E-state index is -0.0354. The Bertz CT molecular complexity index is 866. The molecule has 1 aromatic carbocycles. The van der Waals surface area contributed by atoms with E-state index in [1.165, 1.54) is 32.1 Å². The second-order valence-corrected chi connectivity index (χ2v) is 9.33. The molecular weight excluding hydrogens is 420 g/mol. The van der Waals surface area contributed by atoms with Crippen LogP contribution in [0, 0.1) is 5.92 Å². The number of aliphatic hydroxyl groups is 1. The number of carbonyl (C=O) groups excluding carboxylic acids is 2. The predicted octanol–water partition coefficient (Wildman–Crippen LogP) is 2.96. The van der Waals surface area contributed by atoms with Crippen LogP contribution in [0.25, 0.3) is 0 Å².